The van der Waals surface area contributed by atoms with Crippen LogP contribution >= 0.6 is 0 Å². The summed E-state index contributed by atoms with van der Waals surface area (Å²) in [5.41, 5.74) is 6.67. The number of hydrogen-bond donors (Lipinski definition) is 1. The van der Waals surface area contributed by atoms with Crippen molar-refractivity contribution < 1.29 is 4.79 Å². The zero-order chi connectivity index (χ0) is 13.4. The fraction of sp³-hybridized carbons (Fsp3) is 0.667. The van der Waals surface area contributed by atoms with E-state index in [0.29, 0.717) is 24.4 Å². The van der Waals surface area contributed by atoms with Crippen molar-refractivity contribution >= 4 is 5.91 Å². The predicted octanol–water partition coefficient (Wildman–Crippen LogP) is 1.88. The Bertz CT molecular complexity index is 464. The molecule has 2 unspecified atom stereocenters. The summed E-state index contributed by atoms with van der Waals surface area (Å²) in [5.74, 6) is 1.26. The standard InChI is InChI=1S/C15H23N3O/c1-11-6-8-17(10-12(11)9-16)15(19)14-3-2-7-18(14)13-4-5-13/h2-3,7,11-13H,4-6,8-10,16H2,1H3. The fourth-order valence-electron chi connectivity index (χ4n) is 3.05. The van der Waals surface area contributed by atoms with Gasteiger partial charge in [0.1, 0.15) is 5.69 Å². The van der Waals surface area contributed by atoms with Gasteiger partial charge in [-0.15, -0.1) is 0 Å². The number of hydrogen-bond acceptors (Lipinski definition) is 2. The number of piperidine rings is 1. The molecular weight excluding hydrogens is 238 g/mol. The smallest absolute Gasteiger partial charge is 0.270 e. The first-order chi connectivity index (χ1) is 9.20. The second-order valence-electron chi connectivity index (χ2n) is 6.04. The Labute approximate surface area is 114 Å². The molecule has 2 fully saturated rings. The highest BCUT2D eigenvalue weighted by atomic mass is 16.2. The lowest BCUT2D eigenvalue weighted by molar-refractivity contribution is 0.0607. The second-order valence-corrected chi connectivity index (χ2v) is 6.04. The second kappa shape index (κ2) is 5.00. The average Bonchev–Trinajstić information content (AvgIpc) is 3.16. The third kappa shape index (κ3) is 2.41. The van der Waals surface area contributed by atoms with E-state index in [1.54, 1.807) is 0 Å². The average molecular weight is 261 g/mol. The molecule has 0 spiro atoms. The van der Waals surface area contributed by atoms with Crippen molar-refractivity contribution in [3.05, 3.63) is 24.0 Å². The molecule has 4 heteroatoms. The van der Waals surface area contributed by atoms with Gasteiger partial charge in [0.15, 0.2) is 0 Å². The summed E-state index contributed by atoms with van der Waals surface area (Å²) in [6.07, 6.45) is 5.52. The van der Waals surface area contributed by atoms with Crippen molar-refractivity contribution in [3.63, 3.8) is 0 Å². The number of carbonyl (C=O) groups excluding carboxylic acids is 1. The predicted molar refractivity (Wildman–Crippen MR) is 74.9 cm³/mol. The van der Waals surface area contributed by atoms with Gasteiger partial charge in [-0.1, -0.05) is 6.92 Å². The summed E-state index contributed by atoms with van der Waals surface area (Å²) >= 11 is 0. The van der Waals surface area contributed by atoms with Crippen molar-refractivity contribution in [2.24, 2.45) is 17.6 Å². The number of aromatic nitrogens is 1. The van der Waals surface area contributed by atoms with E-state index in [-0.39, 0.29) is 5.91 Å². The van der Waals surface area contributed by atoms with Gasteiger partial charge in [0.05, 0.1) is 0 Å². The largest absolute Gasteiger partial charge is 0.340 e. The normalized spacial score (nSPS) is 27.6. The van der Waals surface area contributed by atoms with Crippen molar-refractivity contribution in [3.8, 4) is 0 Å². The Morgan fingerprint density at radius 2 is 2.21 bits per heavy atom. The van der Waals surface area contributed by atoms with E-state index >= 15 is 0 Å². The molecule has 1 aromatic heterocycles. The van der Waals surface area contributed by atoms with Gasteiger partial charge in [-0.3, -0.25) is 4.79 Å². The summed E-state index contributed by atoms with van der Waals surface area (Å²) in [6.45, 7) is 4.60. The van der Waals surface area contributed by atoms with Gasteiger partial charge in [0.25, 0.3) is 5.91 Å². The lowest BCUT2D eigenvalue weighted by atomic mass is 9.87. The van der Waals surface area contributed by atoms with Crippen molar-refractivity contribution in [2.75, 3.05) is 19.6 Å². The maximum Gasteiger partial charge on any atom is 0.270 e. The zero-order valence-electron chi connectivity index (χ0n) is 11.6. The van der Waals surface area contributed by atoms with E-state index in [2.05, 4.69) is 11.5 Å². The van der Waals surface area contributed by atoms with Crippen LogP contribution in [0.25, 0.3) is 0 Å². The van der Waals surface area contributed by atoms with Crippen molar-refractivity contribution in [1.29, 1.82) is 0 Å². The van der Waals surface area contributed by atoms with E-state index < -0.39 is 0 Å². The lowest BCUT2D eigenvalue weighted by Gasteiger charge is -2.36. The summed E-state index contributed by atoms with van der Waals surface area (Å²) in [4.78, 5) is 14.6. The van der Waals surface area contributed by atoms with Gasteiger partial charge in [-0.05, 0) is 49.8 Å². The van der Waals surface area contributed by atoms with E-state index in [1.165, 1.54) is 12.8 Å². The number of carbonyl (C=O) groups is 1. The van der Waals surface area contributed by atoms with Crippen LogP contribution in [0.5, 0.6) is 0 Å². The molecule has 1 amide bonds. The van der Waals surface area contributed by atoms with Gasteiger partial charge in [-0.25, -0.2) is 0 Å². The highest BCUT2D eigenvalue weighted by Crippen LogP contribution is 2.36. The SMILES string of the molecule is CC1CCN(C(=O)c2cccn2C2CC2)CC1CN. The molecule has 19 heavy (non-hydrogen) atoms. The van der Waals surface area contributed by atoms with E-state index in [0.717, 1.165) is 25.2 Å². The molecule has 2 heterocycles. The Kier molecular flexibility index (Phi) is 3.35. The number of rotatable bonds is 3. The quantitative estimate of drug-likeness (QED) is 0.903. The van der Waals surface area contributed by atoms with Crippen LogP contribution in [0.2, 0.25) is 0 Å². The van der Waals surface area contributed by atoms with Crippen LogP contribution < -0.4 is 5.73 Å². The zero-order valence-corrected chi connectivity index (χ0v) is 11.6. The highest BCUT2D eigenvalue weighted by molar-refractivity contribution is 5.93. The number of nitrogens with zero attached hydrogens (tertiary/aromatic N) is 2. The van der Waals surface area contributed by atoms with Crippen LogP contribution in [0, 0.1) is 11.8 Å². The van der Waals surface area contributed by atoms with Crippen LogP contribution in [0.15, 0.2) is 18.3 Å². The van der Waals surface area contributed by atoms with Crippen LogP contribution in [-0.2, 0) is 0 Å². The first kappa shape index (κ1) is 12.7. The Balaban J connectivity index is 1.74. The molecule has 0 radical (unpaired) electrons. The maximum atomic E-state index is 12.6. The molecule has 2 aliphatic rings. The van der Waals surface area contributed by atoms with Crippen LogP contribution in [-0.4, -0.2) is 35.0 Å². The maximum absolute atomic E-state index is 12.6. The third-order valence-electron chi connectivity index (χ3n) is 4.64. The van der Waals surface area contributed by atoms with Crippen LogP contribution in [0.4, 0.5) is 0 Å². The van der Waals surface area contributed by atoms with Gasteiger partial charge >= 0.3 is 0 Å². The molecule has 0 bridgehead atoms. The van der Waals surface area contributed by atoms with E-state index in [9.17, 15) is 4.79 Å². The minimum Gasteiger partial charge on any atom is -0.340 e. The first-order valence-corrected chi connectivity index (χ1v) is 7.37. The van der Waals surface area contributed by atoms with Gasteiger partial charge in [0, 0.05) is 25.3 Å². The molecule has 104 valence electrons. The number of nitrogens with two attached hydrogens (primary N) is 1. The molecule has 2 N–H and O–H groups in total. The molecule has 0 aromatic carbocycles. The molecule has 3 rings (SSSR count). The molecule has 1 aliphatic carbocycles. The number of amides is 1. The van der Waals surface area contributed by atoms with Crippen molar-refractivity contribution in [1.82, 2.24) is 9.47 Å². The molecule has 1 aromatic rings. The molecule has 2 atom stereocenters. The summed E-state index contributed by atoms with van der Waals surface area (Å²) in [6, 6.07) is 4.50. The van der Waals surface area contributed by atoms with Crippen LogP contribution in [0.1, 0.15) is 42.7 Å². The van der Waals surface area contributed by atoms with Gasteiger partial charge in [0.2, 0.25) is 0 Å². The van der Waals surface area contributed by atoms with Gasteiger partial charge in [-0.2, -0.15) is 0 Å². The Hall–Kier alpha value is -1.29. The molecule has 1 aliphatic heterocycles. The monoisotopic (exact) mass is 261 g/mol. The van der Waals surface area contributed by atoms with Gasteiger partial charge < -0.3 is 15.2 Å². The Morgan fingerprint density at radius 3 is 2.89 bits per heavy atom. The molecule has 1 saturated heterocycles. The summed E-state index contributed by atoms with van der Waals surface area (Å²) in [7, 11) is 0. The lowest BCUT2D eigenvalue weighted by Crippen LogP contribution is -2.45. The van der Waals surface area contributed by atoms with E-state index in [4.69, 9.17) is 5.73 Å². The topological polar surface area (TPSA) is 51.3 Å². The fourth-order valence-corrected chi connectivity index (χ4v) is 3.05. The first-order valence-electron chi connectivity index (χ1n) is 7.37. The molecule has 4 nitrogen and oxygen atoms in total. The highest BCUT2D eigenvalue weighted by Gasteiger charge is 2.32. The Morgan fingerprint density at radius 1 is 1.42 bits per heavy atom. The third-order valence-corrected chi connectivity index (χ3v) is 4.64. The van der Waals surface area contributed by atoms with Crippen molar-refractivity contribution in [2.45, 2.75) is 32.2 Å². The van der Waals surface area contributed by atoms with E-state index in [1.807, 2.05) is 23.2 Å². The molecule has 1 saturated carbocycles. The minimum atomic E-state index is 0.183. The summed E-state index contributed by atoms with van der Waals surface area (Å²) < 4.78 is 2.15. The summed E-state index contributed by atoms with van der Waals surface area (Å²) in [5, 5.41) is 0. The minimum absolute atomic E-state index is 0.183. The van der Waals surface area contributed by atoms with Crippen LogP contribution in [0.3, 0.4) is 0 Å². The molecular formula is C15H23N3O. The number of likely N-dealkylation sites (tertiary alicyclic amines) is 1.